The molecule has 2 aromatic rings. The fourth-order valence-corrected chi connectivity index (χ4v) is 4.39. The molecule has 4 nitrogen and oxygen atoms in total. The Bertz CT molecular complexity index is 760. The number of nitrogens with zero attached hydrogens (tertiary/aromatic N) is 2. The summed E-state index contributed by atoms with van der Waals surface area (Å²) < 4.78 is 14.1. The van der Waals surface area contributed by atoms with Gasteiger partial charge >= 0.3 is 0 Å². The summed E-state index contributed by atoms with van der Waals surface area (Å²) >= 11 is 1.35. The third-order valence-corrected chi connectivity index (χ3v) is 5.70. The standard InChI is InChI=1S/C17H18FN3OS/c1-10-20-15(12-4-2-3-5-13(12)18)16(23-10)17(22)21-9-11-6-7-19-8-14(11)21/h2-5,11,14,19H,6-9H2,1H3. The number of thiazole rings is 1. The SMILES string of the molecule is Cc1nc(-c2ccccc2F)c(C(=O)N2CC3CCNCC32)s1. The van der Waals surface area contributed by atoms with Crippen LogP contribution in [0.4, 0.5) is 4.39 Å². The predicted octanol–water partition coefficient (Wildman–Crippen LogP) is 2.69. The van der Waals surface area contributed by atoms with Crippen LogP contribution in [0.1, 0.15) is 21.1 Å². The van der Waals surface area contributed by atoms with Crippen molar-refractivity contribution in [3.8, 4) is 11.3 Å². The van der Waals surface area contributed by atoms with Crippen LogP contribution < -0.4 is 5.32 Å². The third-order valence-electron chi connectivity index (χ3n) is 4.74. The van der Waals surface area contributed by atoms with E-state index in [-0.39, 0.29) is 17.8 Å². The molecule has 1 aromatic carbocycles. The van der Waals surface area contributed by atoms with Crippen molar-refractivity contribution in [1.82, 2.24) is 15.2 Å². The van der Waals surface area contributed by atoms with Crippen LogP contribution in [0.3, 0.4) is 0 Å². The van der Waals surface area contributed by atoms with Crippen LogP contribution in [-0.4, -0.2) is 41.5 Å². The summed E-state index contributed by atoms with van der Waals surface area (Å²) in [7, 11) is 0. The van der Waals surface area contributed by atoms with Crippen molar-refractivity contribution in [3.05, 3.63) is 40.0 Å². The van der Waals surface area contributed by atoms with E-state index in [1.807, 2.05) is 11.8 Å². The van der Waals surface area contributed by atoms with Gasteiger partial charge in [0.25, 0.3) is 5.91 Å². The second-order valence-corrected chi connectivity index (χ2v) is 7.37. The van der Waals surface area contributed by atoms with E-state index >= 15 is 0 Å². The van der Waals surface area contributed by atoms with Gasteiger partial charge in [-0.2, -0.15) is 0 Å². The lowest BCUT2D eigenvalue weighted by Gasteiger charge is -2.50. The van der Waals surface area contributed by atoms with E-state index in [1.165, 1.54) is 17.4 Å². The van der Waals surface area contributed by atoms with E-state index in [1.54, 1.807) is 18.2 Å². The number of aryl methyl sites for hydroxylation is 1. The van der Waals surface area contributed by atoms with E-state index in [4.69, 9.17) is 0 Å². The average molecular weight is 331 g/mol. The number of nitrogens with one attached hydrogen (secondary N) is 1. The molecule has 2 atom stereocenters. The highest BCUT2D eigenvalue weighted by atomic mass is 32.1. The molecule has 2 unspecified atom stereocenters. The van der Waals surface area contributed by atoms with Gasteiger partial charge in [-0.05, 0) is 37.9 Å². The van der Waals surface area contributed by atoms with Crippen molar-refractivity contribution in [3.63, 3.8) is 0 Å². The monoisotopic (exact) mass is 331 g/mol. The van der Waals surface area contributed by atoms with Gasteiger partial charge in [0, 0.05) is 24.7 Å². The van der Waals surface area contributed by atoms with Crippen LogP contribution in [-0.2, 0) is 0 Å². The summed E-state index contributed by atoms with van der Waals surface area (Å²) in [5.41, 5.74) is 0.877. The van der Waals surface area contributed by atoms with Crippen LogP contribution >= 0.6 is 11.3 Å². The molecule has 0 radical (unpaired) electrons. The van der Waals surface area contributed by atoms with E-state index in [2.05, 4.69) is 10.3 Å². The van der Waals surface area contributed by atoms with Crippen molar-refractivity contribution in [1.29, 1.82) is 0 Å². The zero-order valence-electron chi connectivity index (χ0n) is 12.9. The van der Waals surface area contributed by atoms with Crippen LogP contribution in [0.25, 0.3) is 11.3 Å². The molecular formula is C17H18FN3OS. The van der Waals surface area contributed by atoms with Crippen molar-refractivity contribution < 1.29 is 9.18 Å². The number of carbonyl (C=O) groups is 1. The first-order valence-electron chi connectivity index (χ1n) is 7.89. The Morgan fingerprint density at radius 2 is 2.26 bits per heavy atom. The van der Waals surface area contributed by atoms with Crippen molar-refractivity contribution in [2.45, 2.75) is 19.4 Å². The van der Waals surface area contributed by atoms with Gasteiger partial charge in [-0.1, -0.05) is 12.1 Å². The minimum atomic E-state index is -0.340. The number of carbonyl (C=O) groups excluding carboxylic acids is 1. The molecule has 2 aliphatic heterocycles. The molecule has 23 heavy (non-hydrogen) atoms. The van der Waals surface area contributed by atoms with Gasteiger partial charge in [-0.3, -0.25) is 4.79 Å². The smallest absolute Gasteiger partial charge is 0.266 e. The molecular weight excluding hydrogens is 313 g/mol. The molecule has 0 aliphatic carbocycles. The Kier molecular flexibility index (Phi) is 3.66. The van der Waals surface area contributed by atoms with Gasteiger partial charge in [0.1, 0.15) is 10.7 Å². The van der Waals surface area contributed by atoms with Crippen LogP contribution in [0, 0.1) is 18.7 Å². The first kappa shape index (κ1) is 14.8. The van der Waals surface area contributed by atoms with Gasteiger partial charge in [-0.15, -0.1) is 11.3 Å². The van der Waals surface area contributed by atoms with Crippen molar-refractivity contribution in [2.24, 2.45) is 5.92 Å². The lowest BCUT2D eigenvalue weighted by atomic mass is 9.83. The predicted molar refractivity (Wildman–Crippen MR) is 88.0 cm³/mol. The normalized spacial score (nSPS) is 23.3. The maximum atomic E-state index is 14.1. The second kappa shape index (κ2) is 5.69. The maximum Gasteiger partial charge on any atom is 0.266 e. The Balaban J connectivity index is 1.67. The Labute approximate surface area is 138 Å². The van der Waals surface area contributed by atoms with Gasteiger partial charge in [0.05, 0.1) is 10.7 Å². The van der Waals surface area contributed by atoms with Gasteiger partial charge in [-0.25, -0.2) is 9.37 Å². The van der Waals surface area contributed by atoms with Gasteiger partial charge < -0.3 is 10.2 Å². The van der Waals surface area contributed by atoms with Gasteiger partial charge in [0.15, 0.2) is 0 Å². The number of likely N-dealkylation sites (tertiary alicyclic amines) is 1. The molecule has 2 fully saturated rings. The maximum absolute atomic E-state index is 14.1. The van der Waals surface area contributed by atoms with E-state index in [0.29, 0.717) is 22.1 Å². The summed E-state index contributed by atoms with van der Waals surface area (Å²) in [5.74, 6) is 0.248. The average Bonchev–Trinajstić information content (AvgIpc) is 2.90. The summed E-state index contributed by atoms with van der Waals surface area (Å²) in [6, 6.07) is 6.77. The first-order chi connectivity index (χ1) is 11.1. The molecule has 1 N–H and O–H groups in total. The number of hydrogen-bond acceptors (Lipinski definition) is 4. The Morgan fingerprint density at radius 3 is 3.04 bits per heavy atom. The fourth-order valence-electron chi connectivity index (χ4n) is 3.50. The number of halogens is 1. The number of fused-ring (bicyclic) bond motifs is 1. The molecule has 0 spiro atoms. The summed E-state index contributed by atoms with van der Waals surface area (Å²) in [6.07, 6.45) is 1.12. The Hall–Kier alpha value is -1.79. The lowest BCUT2D eigenvalue weighted by molar-refractivity contribution is 0.00325. The zero-order valence-corrected chi connectivity index (χ0v) is 13.7. The molecule has 3 heterocycles. The number of piperidine rings is 1. The second-order valence-electron chi connectivity index (χ2n) is 6.17. The number of amides is 1. The number of benzene rings is 1. The number of hydrogen-bond donors (Lipinski definition) is 1. The van der Waals surface area contributed by atoms with Crippen LogP contribution in [0.5, 0.6) is 0 Å². The molecule has 1 aromatic heterocycles. The molecule has 2 saturated heterocycles. The number of rotatable bonds is 2. The number of aromatic nitrogens is 1. The van der Waals surface area contributed by atoms with Crippen molar-refractivity contribution >= 4 is 17.2 Å². The highest BCUT2D eigenvalue weighted by Gasteiger charge is 2.44. The molecule has 4 rings (SSSR count). The highest BCUT2D eigenvalue weighted by molar-refractivity contribution is 7.14. The van der Waals surface area contributed by atoms with Gasteiger partial charge in [0.2, 0.25) is 0 Å². The highest BCUT2D eigenvalue weighted by Crippen LogP contribution is 2.36. The van der Waals surface area contributed by atoms with E-state index in [0.717, 1.165) is 31.1 Å². The molecule has 2 aliphatic rings. The minimum absolute atomic E-state index is 0.0150. The summed E-state index contributed by atoms with van der Waals surface area (Å²) in [4.78, 5) is 19.8. The molecule has 0 saturated carbocycles. The minimum Gasteiger partial charge on any atom is -0.333 e. The molecule has 6 heteroatoms. The summed E-state index contributed by atoms with van der Waals surface area (Å²) in [6.45, 7) is 4.54. The lowest BCUT2D eigenvalue weighted by Crippen LogP contribution is -2.65. The zero-order chi connectivity index (χ0) is 16.0. The van der Waals surface area contributed by atoms with Crippen LogP contribution in [0.15, 0.2) is 24.3 Å². The molecule has 1 amide bonds. The first-order valence-corrected chi connectivity index (χ1v) is 8.71. The Morgan fingerprint density at radius 1 is 1.43 bits per heavy atom. The van der Waals surface area contributed by atoms with Crippen LogP contribution in [0.2, 0.25) is 0 Å². The quantitative estimate of drug-likeness (QED) is 0.920. The molecule has 120 valence electrons. The largest absolute Gasteiger partial charge is 0.333 e. The fraction of sp³-hybridized carbons (Fsp3) is 0.412. The van der Waals surface area contributed by atoms with Crippen molar-refractivity contribution in [2.75, 3.05) is 19.6 Å². The summed E-state index contributed by atoms with van der Waals surface area (Å²) in [5, 5.41) is 4.13. The third kappa shape index (κ3) is 2.46. The van der Waals surface area contributed by atoms with E-state index < -0.39 is 0 Å². The topological polar surface area (TPSA) is 45.2 Å². The van der Waals surface area contributed by atoms with E-state index in [9.17, 15) is 9.18 Å². The molecule has 0 bridgehead atoms.